The molecule has 9 heteroatoms. The smallest absolute Gasteiger partial charge is 0.456 e. The van der Waals surface area contributed by atoms with E-state index in [1.165, 1.54) is 23.5 Å². The largest absolute Gasteiger partial charge is 0.573 e. The standard InChI is InChI=1S/C17H11F3N2O3S/c18-17(19,20)25-13-6-4-11(5-7-13)16(23)24-9-12-10-26-15(22-12)14-3-1-2-8-21-14/h1-8,10H,9H2. The monoisotopic (exact) mass is 380 g/mol. The average molecular weight is 380 g/mol. The van der Waals surface area contributed by atoms with Crippen LogP contribution in [0.3, 0.4) is 0 Å². The van der Waals surface area contributed by atoms with Gasteiger partial charge in [-0.25, -0.2) is 9.78 Å². The van der Waals surface area contributed by atoms with Crippen molar-refractivity contribution in [3.63, 3.8) is 0 Å². The number of alkyl halides is 3. The van der Waals surface area contributed by atoms with Gasteiger partial charge >= 0.3 is 12.3 Å². The van der Waals surface area contributed by atoms with Crippen LogP contribution in [0.5, 0.6) is 5.75 Å². The molecule has 1 aromatic carbocycles. The van der Waals surface area contributed by atoms with Crippen molar-refractivity contribution in [1.82, 2.24) is 9.97 Å². The second-order valence-corrected chi connectivity index (χ2v) is 5.87. The summed E-state index contributed by atoms with van der Waals surface area (Å²) in [5.74, 6) is -1.08. The molecule has 0 N–H and O–H groups in total. The van der Waals surface area contributed by atoms with Crippen LogP contribution >= 0.6 is 11.3 Å². The maximum atomic E-state index is 12.1. The molecule has 3 rings (SSSR count). The van der Waals surface area contributed by atoms with E-state index < -0.39 is 18.1 Å². The molecule has 134 valence electrons. The molecule has 0 saturated carbocycles. The Kier molecular flexibility index (Phi) is 5.17. The van der Waals surface area contributed by atoms with E-state index in [2.05, 4.69) is 14.7 Å². The normalized spacial score (nSPS) is 11.2. The van der Waals surface area contributed by atoms with Crippen LogP contribution in [0.15, 0.2) is 54.0 Å². The minimum absolute atomic E-state index is 0.0526. The van der Waals surface area contributed by atoms with E-state index in [1.54, 1.807) is 17.6 Å². The Morgan fingerprint density at radius 2 is 1.88 bits per heavy atom. The highest BCUT2D eigenvalue weighted by molar-refractivity contribution is 7.13. The lowest BCUT2D eigenvalue weighted by molar-refractivity contribution is -0.274. The molecule has 26 heavy (non-hydrogen) atoms. The summed E-state index contributed by atoms with van der Waals surface area (Å²) in [5.41, 5.74) is 1.39. The molecule has 0 unspecified atom stereocenters. The highest BCUT2D eigenvalue weighted by Crippen LogP contribution is 2.24. The Morgan fingerprint density at radius 3 is 2.54 bits per heavy atom. The molecule has 0 spiro atoms. The summed E-state index contributed by atoms with van der Waals surface area (Å²) in [5, 5.41) is 2.45. The lowest BCUT2D eigenvalue weighted by atomic mass is 10.2. The molecular formula is C17H11F3N2O3S. The van der Waals surface area contributed by atoms with Gasteiger partial charge in [0.25, 0.3) is 0 Å². The third-order valence-electron chi connectivity index (χ3n) is 3.11. The van der Waals surface area contributed by atoms with Crippen molar-refractivity contribution in [2.45, 2.75) is 13.0 Å². The summed E-state index contributed by atoms with van der Waals surface area (Å²) < 4.78 is 45.2. The number of aromatic nitrogens is 2. The molecule has 0 aliphatic heterocycles. The number of carbonyl (C=O) groups is 1. The third kappa shape index (κ3) is 4.79. The van der Waals surface area contributed by atoms with Gasteiger partial charge in [-0.3, -0.25) is 4.98 Å². The van der Waals surface area contributed by atoms with Crippen LogP contribution in [0.4, 0.5) is 13.2 Å². The molecule has 0 fully saturated rings. The van der Waals surface area contributed by atoms with Gasteiger partial charge in [0, 0.05) is 11.6 Å². The van der Waals surface area contributed by atoms with Crippen LogP contribution in [0.2, 0.25) is 0 Å². The van der Waals surface area contributed by atoms with Gasteiger partial charge in [-0.05, 0) is 36.4 Å². The van der Waals surface area contributed by atoms with E-state index in [9.17, 15) is 18.0 Å². The first-order valence-electron chi connectivity index (χ1n) is 7.29. The number of nitrogens with zero attached hydrogens (tertiary/aromatic N) is 2. The SMILES string of the molecule is O=C(OCc1csc(-c2ccccn2)n1)c1ccc(OC(F)(F)F)cc1. The van der Waals surface area contributed by atoms with Gasteiger partial charge in [0.2, 0.25) is 0 Å². The number of rotatable bonds is 5. The predicted molar refractivity (Wildman–Crippen MR) is 87.6 cm³/mol. The lowest BCUT2D eigenvalue weighted by Crippen LogP contribution is -2.17. The molecule has 0 aliphatic rings. The topological polar surface area (TPSA) is 61.3 Å². The number of pyridine rings is 1. The van der Waals surface area contributed by atoms with Crippen LogP contribution in [0, 0.1) is 0 Å². The molecular weight excluding hydrogens is 369 g/mol. The number of thiazole rings is 1. The number of hydrogen-bond acceptors (Lipinski definition) is 6. The van der Waals surface area contributed by atoms with Crippen LogP contribution in [0.25, 0.3) is 10.7 Å². The minimum Gasteiger partial charge on any atom is -0.456 e. The number of halogens is 3. The van der Waals surface area contributed by atoms with Crippen molar-refractivity contribution in [3.05, 3.63) is 65.3 Å². The molecule has 0 bridgehead atoms. The lowest BCUT2D eigenvalue weighted by Gasteiger charge is -2.09. The van der Waals surface area contributed by atoms with Gasteiger partial charge in [-0.15, -0.1) is 24.5 Å². The van der Waals surface area contributed by atoms with E-state index in [0.29, 0.717) is 10.7 Å². The molecule has 5 nitrogen and oxygen atoms in total. The second-order valence-electron chi connectivity index (χ2n) is 5.01. The van der Waals surface area contributed by atoms with E-state index in [1.807, 2.05) is 12.1 Å². The van der Waals surface area contributed by atoms with Gasteiger partial charge in [0.1, 0.15) is 17.4 Å². The van der Waals surface area contributed by atoms with E-state index in [4.69, 9.17) is 4.74 Å². The fourth-order valence-corrected chi connectivity index (χ4v) is 2.78. The fourth-order valence-electron chi connectivity index (χ4n) is 2.00. The summed E-state index contributed by atoms with van der Waals surface area (Å²) in [7, 11) is 0. The number of hydrogen-bond donors (Lipinski definition) is 0. The number of benzene rings is 1. The van der Waals surface area contributed by atoms with Gasteiger partial charge in [-0.2, -0.15) is 0 Å². The van der Waals surface area contributed by atoms with Crippen LogP contribution < -0.4 is 4.74 Å². The van der Waals surface area contributed by atoms with E-state index in [-0.39, 0.29) is 12.2 Å². The van der Waals surface area contributed by atoms with E-state index >= 15 is 0 Å². The van der Waals surface area contributed by atoms with Crippen LogP contribution in [0.1, 0.15) is 16.1 Å². The zero-order chi connectivity index (χ0) is 18.6. The second kappa shape index (κ2) is 7.52. The van der Waals surface area contributed by atoms with Gasteiger partial charge < -0.3 is 9.47 Å². The number of ether oxygens (including phenoxy) is 2. The molecule has 0 saturated heterocycles. The number of esters is 1. The fraction of sp³-hybridized carbons (Fsp3) is 0.118. The maximum Gasteiger partial charge on any atom is 0.573 e. The summed E-state index contributed by atoms with van der Waals surface area (Å²) in [6, 6.07) is 9.95. The maximum absolute atomic E-state index is 12.1. The van der Waals surface area contributed by atoms with Gasteiger partial charge in [-0.1, -0.05) is 6.07 Å². The minimum atomic E-state index is -4.78. The predicted octanol–water partition coefficient (Wildman–Crippen LogP) is 4.46. The third-order valence-corrected chi connectivity index (χ3v) is 4.02. The molecule has 2 aromatic heterocycles. The van der Waals surface area contributed by atoms with Crippen molar-refractivity contribution in [2.75, 3.05) is 0 Å². The Labute approximate surface area is 150 Å². The summed E-state index contributed by atoms with van der Waals surface area (Å²) in [4.78, 5) is 20.5. The summed E-state index contributed by atoms with van der Waals surface area (Å²) in [6.07, 6.45) is -3.12. The molecule has 0 aliphatic carbocycles. The molecule has 3 aromatic rings. The van der Waals surface area contributed by atoms with Crippen LogP contribution in [-0.2, 0) is 11.3 Å². The first kappa shape index (κ1) is 17.9. The summed E-state index contributed by atoms with van der Waals surface area (Å²) in [6.45, 7) is -0.0526. The Bertz CT molecular complexity index is 880. The zero-order valence-corrected chi connectivity index (χ0v) is 13.9. The quantitative estimate of drug-likeness (QED) is 0.612. The molecule has 0 radical (unpaired) electrons. The van der Waals surface area contributed by atoms with Gasteiger partial charge in [0.15, 0.2) is 0 Å². The van der Waals surface area contributed by atoms with Crippen molar-refractivity contribution >= 4 is 17.3 Å². The molecule has 0 amide bonds. The Morgan fingerprint density at radius 1 is 1.12 bits per heavy atom. The highest BCUT2D eigenvalue weighted by Gasteiger charge is 2.31. The average Bonchev–Trinajstić information content (AvgIpc) is 3.09. The van der Waals surface area contributed by atoms with Crippen LogP contribution in [-0.4, -0.2) is 22.3 Å². The van der Waals surface area contributed by atoms with Crippen molar-refractivity contribution < 1.29 is 27.4 Å². The molecule has 0 atom stereocenters. The Hall–Kier alpha value is -2.94. The molecule has 2 heterocycles. The van der Waals surface area contributed by atoms with Crippen molar-refractivity contribution in [3.8, 4) is 16.5 Å². The Balaban J connectivity index is 1.58. The van der Waals surface area contributed by atoms with Crippen molar-refractivity contribution in [2.24, 2.45) is 0 Å². The van der Waals surface area contributed by atoms with Crippen molar-refractivity contribution in [1.29, 1.82) is 0 Å². The number of carbonyl (C=O) groups excluding carboxylic acids is 1. The summed E-state index contributed by atoms with van der Waals surface area (Å²) >= 11 is 1.37. The van der Waals surface area contributed by atoms with E-state index in [0.717, 1.165) is 17.8 Å². The first-order chi connectivity index (χ1) is 12.4. The zero-order valence-electron chi connectivity index (χ0n) is 13.1. The first-order valence-corrected chi connectivity index (χ1v) is 8.17. The highest BCUT2D eigenvalue weighted by atomic mass is 32.1. The van der Waals surface area contributed by atoms with Gasteiger partial charge in [0.05, 0.1) is 17.0 Å².